The molecule has 1 fully saturated rings. The van der Waals surface area contributed by atoms with Gasteiger partial charge in [-0.05, 0) is 26.2 Å². The number of methoxy groups -OCH3 is 1. The van der Waals surface area contributed by atoms with Crippen LogP contribution in [0.25, 0.3) is 0 Å². The molecular weight excluding hydrogens is 214 g/mol. The maximum absolute atomic E-state index is 11.4. The molecule has 0 aromatic carbocycles. The van der Waals surface area contributed by atoms with E-state index in [1.807, 2.05) is 13.0 Å². The third-order valence-electron chi connectivity index (χ3n) is 3.66. The molecular formula is C14H25NO2. The fourth-order valence-electron chi connectivity index (χ4n) is 2.43. The molecule has 0 heterocycles. The Hall–Kier alpha value is -0.830. The van der Waals surface area contributed by atoms with E-state index < -0.39 is 0 Å². The number of ether oxygens (including phenoxy) is 1. The molecule has 0 bridgehead atoms. The van der Waals surface area contributed by atoms with Crippen molar-refractivity contribution in [3.8, 4) is 0 Å². The summed E-state index contributed by atoms with van der Waals surface area (Å²) in [7, 11) is 1.43. The van der Waals surface area contributed by atoms with Gasteiger partial charge in [0.05, 0.1) is 7.11 Å². The van der Waals surface area contributed by atoms with E-state index in [0.717, 1.165) is 18.5 Å². The van der Waals surface area contributed by atoms with Crippen LogP contribution >= 0.6 is 0 Å². The topological polar surface area (TPSA) is 38.3 Å². The lowest BCUT2D eigenvalue weighted by Crippen LogP contribution is -2.44. The zero-order valence-electron chi connectivity index (χ0n) is 11.3. The number of rotatable bonds is 5. The van der Waals surface area contributed by atoms with E-state index in [2.05, 4.69) is 12.2 Å². The highest BCUT2D eigenvalue weighted by atomic mass is 16.5. The Balaban J connectivity index is 2.43. The molecule has 1 aliphatic carbocycles. The summed E-state index contributed by atoms with van der Waals surface area (Å²) in [6.45, 7) is 5.02. The number of hydrogen-bond acceptors (Lipinski definition) is 3. The number of carbonyl (C=O) groups is 1. The van der Waals surface area contributed by atoms with Gasteiger partial charge in [-0.1, -0.05) is 32.3 Å². The molecule has 0 aromatic heterocycles. The Morgan fingerprint density at radius 2 is 2.00 bits per heavy atom. The minimum atomic E-state index is -0.205. The lowest BCUT2D eigenvalue weighted by Gasteiger charge is -2.34. The maximum atomic E-state index is 11.4. The summed E-state index contributed by atoms with van der Waals surface area (Å²) in [5.74, 6) is -0.205. The van der Waals surface area contributed by atoms with Crippen molar-refractivity contribution in [2.75, 3.05) is 13.7 Å². The Bertz CT molecular complexity index is 278. The molecule has 0 aliphatic heterocycles. The molecule has 1 N–H and O–H groups in total. The molecule has 0 saturated heterocycles. The summed E-state index contributed by atoms with van der Waals surface area (Å²) >= 11 is 0. The van der Waals surface area contributed by atoms with Crippen molar-refractivity contribution in [2.24, 2.45) is 0 Å². The Morgan fingerprint density at radius 1 is 1.35 bits per heavy atom. The second-order valence-electron chi connectivity index (χ2n) is 5.08. The van der Waals surface area contributed by atoms with Gasteiger partial charge in [-0.15, -0.1) is 0 Å². The van der Waals surface area contributed by atoms with Crippen LogP contribution in [0.4, 0.5) is 0 Å². The van der Waals surface area contributed by atoms with Crippen LogP contribution in [0.1, 0.15) is 52.4 Å². The van der Waals surface area contributed by atoms with E-state index >= 15 is 0 Å². The van der Waals surface area contributed by atoms with Gasteiger partial charge >= 0.3 is 5.97 Å². The summed E-state index contributed by atoms with van der Waals surface area (Å²) in [4.78, 5) is 11.4. The Kier molecular flexibility index (Phi) is 5.69. The first-order chi connectivity index (χ1) is 8.11. The average Bonchev–Trinajstić information content (AvgIpc) is 2.34. The van der Waals surface area contributed by atoms with E-state index in [9.17, 15) is 4.79 Å². The van der Waals surface area contributed by atoms with Gasteiger partial charge in [-0.3, -0.25) is 0 Å². The highest BCUT2D eigenvalue weighted by Crippen LogP contribution is 2.27. The van der Waals surface area contributed by atoms with Gasteiger partial charge in [0.25, 0.3) is 0 Å². The molecule has 3 heteroatoms. The lowest BCUT2D eigenvalue weighted by atomic mass is 9.83. The second-order valence-corrected chi connectivity index (χ2v) is 5.08. The van der Waals surface area contributed by atoms with Gasteiger partial charge < -0.3 is 10.1 Å². The largest absolute Gasteiger partial charge is 0.466 e. The van der Waals surface area contributed by atoms with Crippen molar-refractivity contribution in [1.29, 1.82) is 0 Å². The predicted molar refractivity (Wildman–Crippen MR) is 69.9 cm³/mol. The van der Waals surface area contributed by atoms with E-state index in [0.29, 0.717) is 0 Å². The van der Waals surface area contributed by atoms with E-state index in [4.69, 9.17) is 4.74 Å². The molecule has 0 amide bonds. The van der Waals surface area contributed by atoms with Crippen molar-refractivity contribution >= 4 is 5.97 Å². The van der Waals surface area contributed by atoms with Crippen molar-refractivity contribution in [1.82, 2.24) is 5.32 Å². The molecule has 17 heavy (non-hydrogen) atoms. The number of hydrogen-bond donors (Lipinski definition) is 1. The summed E-state index contributed by atoms with van der Waals surface area (Å²) in [5, 5.41) is 3.56. The summed E-state index contributed by atoms with van der Waals surface area (Å²) < 4.78 is 4.74. The van der Waals surface area contributed by atoms with Crippen molar-refractivity contribution < 1.29 is 9.53 Å². The quantitative estimate of drug-likeness (QED) is 0.592. The first-order valence-electron chi connectivity index (χ1n) is 6.63. The minimum absolute atomic E-state index is 0.205. The van der Waals surface area contributed by atoms with Crippen molar-refractivity contribution in [3.63, 3.8) is 0 Å². The monoisotopic (exact) mass is 239 g/mol. The number of esters is 1. The normalized spacial score (nSPS) is 20.1. The lowest BCUT2D eigenvalue weighted by molar-refractivity contribution is -0.136. The maximum Gasteiger partial charge on any atom is 0.333 e. The van der Waals surface area contributed by atoms with E-state index in [-0.39, 0.29) is 11.5 Å². The molecule has 1 saturated carbocycles. The summed E-state index contributed by atoms with van der Waals surface area (Å²) in [5.41, 5.74) is 1.02. The van der Waals surface area contributed by atoms with E-state index in [1.54, 1.807) is 0 Å². The van der Waals surface area contributed by atoms with Crippen LogP contribution in [-0.2, 0) is 9.53 Å². The van der Waals surface area contributed by atoms with Gasteiger partial charge in [-0.25, -0.2) is 4.79 Å². The van der Waals surface area contributed by atoms with Gasteiger partial charge in [0, 0.05) is 17.7 Å². The first kappa shape index (κ1) is 14.2. The first-order valence-corrected chi connectivity index (χ1v) is 6.63. The predicted octanol–water partition coefficient (Wildman–Crippen LogP) is 2.81. The SMILES string of the molecule is CCC(=CCNC1(C)CCCCC1)C(=O)OC. The molecule has 0 unspecified atom stereocenters. The van der Waals surface area contributed by atoms with Crippen LogP contribution in [0.2, 0.25) is 0 Å². The zero-order valence-corrected chi connectivity index (χ0v) is 11.3. The Morgan fingerprint density at radius 3 is 2.53 bits per heavy atom. The molecule has 98 valence electrons. The van der Waals surface area contributed by atoms with Crippen LogP contribution in [0.15, 0.2) is 11.6 Å². The van der Waals surface area contributed by atoms with Crippen LogP contribution < -0.4 is 5.32 Å². The zero-order chi connectivity index (χ0) is 12.7. The van der Waals surface area contributed by atoms with Crippen LogP contribution in [0.5, 0.6) is 0 Å². The second kappa shape index (κ2) is 6.80. The third-order valence-corrected chi connectivity index (χ3v) is 3.66. The molecule has 1 aliphatic rings. The summed E-state index contributed by atoms with van der Waals surface area (Å²) in [6, 6.07) is 0. The van der Waals surface area contributed by atoms with Crippen LogP contribution in [-0.4, -0.2) is 25.2 Å². The van der Waals surface area contributed by atoms with Gasteiger partial charge in [0.15, 0.2) is 0 Å². The third kappa shape index (κ3) is 4.50. The van der Waals surface area contributed by atoms with Gasteiger partial charge in [0.1, 0.15) is 0 Å². The molecule has 0 spiro atoms. The molecule has 0 aromatic rings. The Labute approximate surface area is 105 Å². The van der Waals surface area contributed by atoms with Crippen LogP contribution in [0, 0.1) is 0 Å². The average molecular weight is 239 g/mol. The smallest absolute Gasteiger partial charge is 0.333 e. The van der Waals surface area contributed by atoms with Crippen molar-refractivity contribution in [2.45, 2.75) is 57.9 Å². The highest BCUT2D eigenvalue weighted by molar-refractivity contribution is 5.88. The van der Waals surface area contributed by atoms with Gasteiger partial charge in [0.2, 0.25) is 0 Å². The van der Waals surface area contributed by atoms with Crippen molar-refractivity contribution in [3.05, 3.63) is 11.6 Å². The molecule has 0 atom stereocenters. The van der Waals surface area contributed by atoms with Crippen LogP contribution in [0.3, 0.4) is 0 Å². The van der Waals surface area contributed by atoms with E-state index in [1.165, 1.54) is 39.2 Å². The summed E-state index contributed by atoms with van der Waals surface area (Å²) in [6.07, 6.45) is 9.14. The standard InChI is InChI=1S/C14H25NO2/c1-4-12(13(16)17-3)8-11-15-14(2)9-6-5-7-10-14/h8,15H,4-7,9-11H2,1-3H3. The molecule has 1 rings (SSSR count). The number of nitrogens with one attached hydrogen (secondary N) is 1. The fourth-order valence-corrected chi connectivity index (χ4v) is 2.43. The molecule has 0 radical (unpaired) electrons. The minimum Gasteiger partial charge on any atom is -0.466 e. The number of carbonyl (C=O) groups excluding carboxylic acids is 1. The highest BCUT2D eigenvalue weighted by Gasteiger charge is 2.25. The van der Waals surface area contributed by atoms with Gasteiger partial charge in [-0.2, -0.15) is 0 Å². The fraction of sp³-hybridized carbons (Fsp3) is 0.786. The molecule has 3 nitrogen and oxygen atoms in total.